The maximum Gasteiger partial charge on any atom is 0.272 e. The largest absolute Gasteiger partial charge is 0.378 e. The highest BCUT2D eigenvalue weighted by Gasteiger charge is 2.12. The monoisotopic (exact) mass is 310 g/mol. The van der Waals surface area contributed by atoms with E-state index in [0.717, 1.165) is 11.3 Å². The standard InChI is InChI=1S/C18H18N2O3/c1-13-12-15(7-10-17(13)20(22)23)18(21)11-6-14-4-8-16(9-5-14)19(2)3/h4-12H,1-3H3. The van der Waals surface area contributed by atoms with Crippen molar-refractivity contribution < 1.29 is 9.72 Å². The highest BCUT2D eigenvalue weighted by atomic mass is 16.6. The van der Waals surface area contributed by atoms with E-state index in [0.29, 0.717) is 11.1 Å². The number of hydrogen-bond acceptors (Lipinski definition) is 4. The first-order chi connectivity index (χ1) is 10.9. The minimum atomic E-state index is -0.453. The molecule has 0 radical (unpaired) electrons. The molecule has 0 amide bonds. The van der Waals surface area contributed by atoms with E-state index < -0.39 is 4.92 Å². The Labute approximate surface area is 135 Å². The van der Waals surface area contributed by atoms with Crippen LogP contribution < -0.4 is 4.90 Å². The van der Waals surface area contributed by atoms with Gasteiger partial charge >= 0.3 is 0 Å². The SMILES string of the molecule is Cc1cc(C(=O)C=Cc2ccc(N(C)C)cc2)ccc1[N+](=O)[O-]. The molecule has 0 atom stereocenters. The van der Waals surface area contributed by atoms with Gasteiger partial charge in [0.05, 0.1) is 4.92 Å². The zero-order valence-electron chi connectivity index (χ0n) is 13.3. The summed E-state index contributed by atoms with van der Waals surface area (Å²) in [7, 11) is 3.93. The minimum absolute atomic E-state index is 0.0183. The molecule has 2 aromatic carbocycles. The molecule has 0 bridgehead atoms. The number of benzene rings is 2. The van der Waals surface area contributed by atoms with Crippen molar-refractivity contribution in [3.8, 4) is 0 Å². The molecule has 0 fully saturated rings. The van der Waals surface area contributed by atoms with Gasteiger partial charge in [0.15, 0.2) is 5.78 Å². The lowest BCUT2D eigenvalue weighted by atomic mass is 10.1. The Bertz CT molecular complexity index is 762. The average Bonchev–Trinajstić information content (AvgIpc) is 2.52. The normalized spacial score (nSPS) is 10.7. The molecule has 0 heterocycles. The van der Waals surface area contributed by atoms with E-state index in [4.69, 9.17) is 0 Å². The van der Waals surface area contributed by atoms with E-state index in [1.165, 1.54) is 18.2 Å². The van der Waals surface area contributed by atoms with Gasteiger partial charge in [-0.2, -0.15) is 0 Å². The minimum Gasteiger partial charge on any atom is -0.378 e. The molecule has 5 nitrogen and oxygen atoms in total. The summed E-state index contributed by atoms with van der Waals surface area (Å²) >= 11 is 0. The van der Waals surface area contributed by atoms with Crippen molar-refractivity contribution in [1.82, 2.24) is 0 Å². The number of rotatable bonds is 5. The molecular weight excluding hydrogens is 292 g/mol. The maximum absolute atomic E-state index is 12.2. The van der Waals surface area contributed by atoms with Crippen molar-refractivity contribution in [2.75, 3.05) is 19.0 Å². The van der Waals surface area contributed by atoms with E-state index in [2.05, 4.69) is 0 Å². The second-order valence-electron chi connectivity index (χ2n) is 5.44. The van der Waals surface area contributed by atoms with E-state index in [1.807, 2.05) is 43.3 Å². The summed E-state index contributed by atoms with van der Waals surface area (Å²) in [5.74, 6) is -0.181. The first kappa shape index (κ1) is 16.4. The van der Waals surface area contributed by atoms with Gasteiger partial charge in [0.2, 0.25) is 0 Å². The Morgan fingerprint density at radius 3 is 2.30 bits per heavy atom. The van der Waals surface area contributed by atoms with Gasteiger partial charge in [-0.25, -0.2) is 0 Å². The number of nitro groups is 1. The van der Waals surface area contributed by atoms with Crippen molar-refractivity contribution in [2.45, 2.75) is 6.92 Å². The summed E-state index contributed by atoms with van der Waals surface area (Å²) in [6.45, 7) is 1.62. The highest BCUT2D eigenvalue weighted by molar-refractivity contribution is 6.07. The van der Waals surface area contributed by atoms with Crippen molar-refractivity contribution >= 4 is 23.2 Å². The zero-order valence-corrected chi connectivity index (χ0v) is 13.3. The fourth-order valence-electron chi connectivity index (χ4n) is 2.17. The molecule has 0 spiro atoms. The number of carbonyl (C=O) groups is 1. The summed E-state index contributed by atoms with van der Waals surface area (Å²) in [6.07, 6.45) is 3.21. The Balaban J connectivity index is 2.15. The third-order valence-corrected chi connectivity index (χ3v) is 3.51. The molecule has 23 heavy (non-hydrogen) atoms. The third-order valence-electron chi connectivity index (χ3n) is 3.51. The van der Waals surface area contributed by atoms with E-state index >= 15 is 0 Å². The quantitative estimate of drug-likeness (QED) is 0.364. The molecule has 0 unspecified atom stereocenters. The Kier molecular flexibility index (Phi) is 4.91. The zero-order chi connectivity index (χ0) is 17.0. The van der Waals surface area contributed by atoms with Crippen LogP contribution >= 0.6 is 0 Å². The number of allylic oxidation sites excluding steroid dienone is 1. The van der Waals surface area contributed by atoms with Gasteiger partial charge in [-0.05, 0) is 42.8 Å². The molecule has 0 aliphatic carbocycles. The lowest BCUT2D eigenvalue weighted by Crippen LogP contribution is -2.07. The van der Waals surface area contributed by atoms with Crippen molar-refractivity contribution in [2.24, 2.45) is 0 Å². The number of nitrogens with zero attached hydrogens (tertiary/aromatic N) is 2. The van der Waals surface area contributed by atoms with Crippen LogP contribution in [-0.4, -0.2) is 24.8 Å². The molecular formula is C18H18N2O3. The topological polar surface area (TPSA) is 63.5 Å². The summed E-state index contributed by atoms with van der Waals surface area (Å²) in [4.78, 5) is 24.5. The maximum atomic E-state index is 12.2. The van der Waals surface area contributed by atoms with Crippen LogP contribution in [0.25, 0.3) is 6.08 Å². The summed E-state index contributed by atoms with van der Waals surface area (Å²) in [5, 5.41) is 10.8. The van der Waals surface area contributed by atoms with Gasteiger partial charge in [-0.3, -0.25) is 14.9 Å². The van der Waals surface area contributed by atoms with Crippen LogP contribution in [0.5, 0.6) is 0 Å². The van der Waals surface area contributed by atoms with E-state index in [1.54, 1.807) is 19.1 Å². The molecule has 5 heteroatoms. The van der Waals surface area contributed by atoms with Crippen LogP contribution in [0, 0.1) is 17.0 Å². The molecule has 2 rings (SSSR count). The average molecular weight is 310 g/mol. The third kappa shape index (κ3) is 4.03. The van der Waals surface area contributed by atoms with Gasteiger partial charge in [0.1, 0.15) is 0 Å². The second-order valence-corrected chi connectivity index (χ2v) is 5.44. The Morgan fingerprint density at radius 1 is 1.13 bits per heavy atom. The number of hydrogen-bond donors (Lipinski definition) is 0. The van der Waals surface area contributed by atoms with E-state index in [-0.39, 0.29) is 11.5 Å². The first-order valence-electron chi connectivity index (χ1n) is 7.13. The van der Waals surface area contributed by atoms with Crippen LogP contribution in [0.1, 0.15) is 21.5 Å². The predicted octanol–water partition coefficient (Wildman–Crippen LogP) is 3.87. The van der Waals surface area contributed by atoms with Crippen LogP contribution in [0.3, 0.4) is 0 Å². The lowest BCUT2D eigenvalue weighted by Gasteiger charge is -2.11. The molecule has 0 aliphatic heterocycles. The number of aryl methyl sites for hydroxylation is 1. The fourth-order valence-corrected chi connectivity index (χ4v) is 2.17. The van der Waals surface area contributed by atoms with Crippen LogP contribution in [0.15, 0.2) is 48.5 Å². The number of ketones is 1. The predicted molar refractivity (Wildman–Crippen MR) is 92.0 cm³/mol. The van der Waals surface area contributed by atoms with E-state index in [9.17, 15) is 14.9 Å². The highest BCUT2D eigenvalue weighted by Crippen LogP contribution is 2.19. The summed E-state index contributed by atoms with van der Waals surface area (Å²) in [5.41, 5.74) is 2.94. The first-order valence-corrected chi connectivity index (χ1v) is 7.13. The second kappa shape index (κ2) is 6.87. The van der Waals surface area contributed by atoms with Crippen molar-refractivity contribution in [1.29, 1.82) is 0 Å². The summed E-state index contributed by atoms with van der Waals surface area (Å²) < 4.78 is 0. The Morgan fingerprint density at radius 2 is 1.78 bits per heavy atom. The molecule has 0 saturated heterocycles. The van der Waals surface area contributed by atoms with Gasteiger partial charge < -0.3 is 4.90 Å². The van der Waals surface area contributed by atoms with Gasteiger partial charge in [-0.15, -0.1) is 0 Å². The number of carbonyl (C=O) groups excluding carboxylic acids is 1. The number of nitro benzene ring substituents is 1. The smallest absolute Gasteiger partial charge is 0.272 e. The van der Waals surface area contributed by atoms with Crippen molar-refractivity contribution in [3.05, 3.63) is 75.3 Å². The van der Waals surface area contributed by atoms with Gasteiger partial charge in [0.25, 0.3) is 5.69 Å². The molecule has 2 aromatic rings. The molecule has 0 aromatic heterocycles. The van der Waals surface area contributed by atoms with Gasteiger partial charge in [0, 0.05) is 37.0 Å². The van der Waals surface area contributed by atoms with Crippen LogP contribution in [0.2, 0.25) is 0 Å². The van der Waals surface area contributed by atoms with Crippen molar-refractivity contribution in [3.63, 3.8) is 0 Å². The lowest BCUT2D eigenvalue weighted by molar-refractivity contribution is -0.385. The fraction of sp³-hybridized carbons (Fsp3) is 0.167. The Hall–Kier alpha value is -2.95. The summed E-state index contributed by atoms with van der Waals surface area (Å²) in [6, 6.07) is 12.2. The molecule has 0 N–H and O–H groups in total. The molecule has 0 saturated carbocycles. The number of anilines is 1. The van der Waals surface area contributed by atoms with Gasteiger partial charge in [-0.1, -0.05) is 18.2 Å². The molecule has 118 valence electrons. The van der Waals surface area contributed by atoms with Crippen LogP contribution in [-0.2, 0) is 0 Å². The van der Waals surface area contributed by atoms with Crippen LogP contribution in [0.4, 0.5) is 11.4 Å². The molecule has 0 aliphatic rings.